The Labute approximate surface area is 119 Å². The number of aromatic nitrogens is 3. The third kappa shape index (κ3) is 2.06. The molecule has 0 spiro atoms. The first-order valence-corrected chi connectivity index (χ1v) is 6.14. The fourth-order valence-corrected chi connectivity index (χ4v) is 2.07. The number of H-pyrrole nitrogens is 1. The van der Waals surface area contributed by atoms with Crippen LogP contribution < -0.4 is 5.32 Å². The van der Waals surface area contributed by atoms with Crippen LogP contribution in [0.25, 0.3) is 0 Å². The zero-order valence-electron chi connectivity index (χ0n) is 11.3. The Morgan fingerprint density at radius 1 is 1.24 bits per heavy atom. The Hall–Kier alpha value is -3.03. The number of aryl methyl sites for hydroxylation is 1. The van der Waals surface area contributed by atoms with Gasteiger partial charge in [0.15, 0.2) is 0 Å². The topological polar surface area (TPSA) is 108 Å². The van der Waals surface area contributed by atoms with E-state index in [1.54, 1.807) is 13.0 Å². The van der Waals surface area contributed by atoms with Crippen LogP contribution in [-0.2, 0) is 0 Å². The molecule has 0 unspecified atom stereocenters. The molecule has 3 amide bonds. The highest BCUT2D eigenvalue weighted by molar-refractivity contribution is 6.21. The number of nitrogens with one attached hydrogen (secondary N) is 2. The summed E-state index contributed by atoms with van der Waals surface area (Å²) in [5, 5.41) is 8.90. The van der Waals surface area contributed by atoms with Crippen LogP contribution in [0.4, 0.5) is 5.69 Å². The number of aromatic amines is 1. The average Bonchev–Trinajstić information content (AvgIpc) is 2.98. The Kier molecular flexibility index (Phi) is 2.79. The second-order valence-corrected chi connectivity index (χ2v) is 4.63. The summed E-state index contributed by atoms with van der Waals surface area (Å²) in [5.41, 5.74) is 0.998. The van der Waals surface area contributed by atoms with E-state index < -0.39 is 5.91 Å². The minimum absolute atomic E-state index is 0.00696. The van der Waals surface area contributed by atoms with Crippen molar-refractivity contribution in [3.63, 3.8) is 0 Å². The summed E-state index contributed by atoms with van der Waals surface area (Å²) in [6.07, 6.45) is 0. The van der Waals surface area contributed by atoms with E-state index in [4.69, 9.17) is 0 Å². The predicted molar refractivity (Wildman–Crippen MR) is 71.9 cm³/mol. The highest BCUT2D eigenvalue weighted by Gasteiger charge is 2.32. The van der Waals surface area contributed by atoms with E-state index in [9.17, 15) is 14.4 Å². The van der Waals surface area contributed by atoms with Crippen LogP contribution in [0.5, 0.6) is 0 Å². The molecule has 106 valence electrons. The van der Waals surface area contributed by atoms with Gasteiger partial charge in [0.1, 0.15) is 5.82 Å². The van der Waals surface area contributed by atoms with Gasteiger partial charge in [0, 0.05) is 12.7 Å². The molecule has 3 rings (SSSR count). The molecule has 2 N–H and O–H groups in total. The maximum absolute atomic E-state index is 11.9. The minimum Gasteiger partial charge on any atom is -0.319 e. The first kappa shape index (κ1) is 13.0. The molecule has 0 atom stereocenters. The van der Waals surface area contributed by atoms with Crippen LogP contribution in [0, 0.1) is 6.92 Å². The van der Waals surface area contributed by atoms with E-state index in [2.05, 4.69) is 20.5 Å². The number of hydrogen-bond acceptors (Lipinski definition) is 5. The van der Waals surface area contributed by atoms with Crippen LogP contribution in [0.15, 0.2) is 18.2 Å². The van der Waals surface area contributed by atoms with E-state index in [-0.39, 0.29) is 23.2 Å². The van der Waals surface area contributed by atoms with Crippen LogP contribution in [-0.4, -0.2) is 44.9 Å². The quantitative estimate of drug-likeness (QED) is 0.785. The number of fused-ring (bicyclic) bond motifs is 1. The van der Waals surface area contributed by atoms with Crippen molar-refractivity contribution >= 4 is 23.4 Å². The standard InChI is InChI=1S/C13H11N5O3/c1-6-14-10(17-16-6)11(19)15-7-3-4-8-9(5-7)13(21)18(2)12(8)20/h3-5H,1-2H3,(H,15,19)(H,14,16,17). The lowest BCUT2D eigenvalue weighted by molar-refractivity contribution is 0.0692. The van der Waals surface area contributed by atoms with Crippen molar-refractivity contribution in [1.82, 2.24) is 20.1 Å². The molecule has 1 aromatic heterocycles. The summed E-state index contributed by atoms with van der Waals surface area (Å²) in [6, 6.07) is 4.54. The largest absolute Gasteiger partial charge is 0.319 e. The van der Waals surface area contributed by atoms with Crippen LogP contribution in [0.1, 0.15) is 37.2 Å². The molecule has 0 radical (unpaired) electrons. The van der Waals surface area contributed by atoms with Gasteiger partial charge in [-0.2, -0.15) is 0 Å². The summed E-state index contributed by atoms with van der Waals surface area (Å²) in [4.78, 5) is 40.5. The number of carbonyl (C=O) groups is 3. The van der Waals surface area contributed by atoms with E-state index in [1.165, 1.54) is 19.2 Å². The van der Waals surface area contributed by atoms with Gasteiger partial charge in [-0.05, 0) is 25.1 Å². The number of rotatable bonds is 2. The van der Waals surface area contributed by atoms with Crippen molar-refractivity contribution < 1.29 is 14.4 Å². The third-order valence-electron chi connectivity index (χ3n) is 3.15. The van der Waals surface area contributed by atoms with E-state index in [0.29, 0.717) is 17.1 Å². The van der Waals surface area contributed by atoms with E-state index in [0.717, 1.165) is 4.90 Å². The molecule has 0 fully saturated rings. The molecule has 21 heavy (non-hydrogen) atoms. The molecule has 1 aliphatic rings. The number of anilines is 1. The van der Waals surface area contributed by atoms with Crippen molar-refractivity contribution in [2.45, 2.75) is 6.92 Å². The van der Waals surface area contributed by atoms with Gasteiger partial charge in [-0.15, -0.1) is 5.10 Å². The van der Waals surface area contributed by atoms with Gasteiger partial charge < -0.3 is 5.32 Å². The molecule has 0 saturated carbocycles. The summed E-state index contributed by atoms with van der Waals surface area (Å²) < 4.78 is 0. The summed E-state index contributed by atoms with van der Waals surface area (Å²) in [7, 11) is 1.42. The van der Waals surface area contributed by atoms with Crippen molar-refractivity contribution in [3.8, 4) is 0 Å². The first-order valence-electron chi connectivity index (χ1n) is 6.14. The summed E-state index contributed by atoms with van der Waals surface area (Å²) in [5.74, 6) is -0.703. The Balaban J connectivity index is 1.87. The molecule has 0 saturated heterocycles. The molecule has 0 bridgehead atoms. The van der Waals surface area contributed by atoms with Gasteiger partial charge in [0.05, 0.1) is 11.1 Å². The molecule has 0 aliphatic carbocycles. The molecule has 2 aromatic rings. The normalized spacial score (nSPS) is 13.5. The predicted octanol–water partition coefficient (Wildman–Crippen LogP) is 0.591. The Morgan fingerprint density at radius 3 is 2.62 bits per heavy atom. The van der Waals surface area contributed by atoms with Crippen molar-refractivity contribution in [1.29, 1.82) is 0 Å². The first-order chi connectivity index (χ1) is 9.97. The van der Waals surface area contributed by atoms with Crippen molar-refractivity contribution in [3.05, 3.63) is 41.0 Å². The van der Waals surface area contributed by atoms with Gasteiger partial charge in [0.25, 0.3) is 17.7 Å². The highest BCUT2D eigenvalue weighted by atomic mass is 16.2. The molecular formula is C13H11N5O3. The number of amides is 3. The SMILES string of the molecule is Cc1nc(C(=O)Nc2ccc3c(c2)C(=O)N(C)C3=O)n[nH]1. The molecule has 2 heterocycles. The lowest BCUT2D eigenvalue weighted by Gasteiger charge is -2.04. The Morgan fingerprint density at radius 2 is 1.95 bits per heavy atom. The zero-order chi connectivity index (χ0) is 15.1. The van der Waals surface area contributed by atoms with Gasteiger partial charge in [-0.1, -0.05) is 0 Å². The van der Waals surface area contributed by atoms with Crippen LogP contribution >= 0.6 is 0 Å². The molecular weight excluding hydrogens is 274 g/mol. The minimum atomic E-state index is -0.496. The van der Waals surface area contributed by atoms with E-state index >= 15 is 0 Å². The molecule has 1 aliphatic heterocycles. The van der Waals surface area contributed by atoms with Gasteiger partial charge in [-0.25, -0.2) is 4.98 Å². The van der Waals surface area contributed by atoms with Crippen LogP contribution in [0.2, 0.25) is 0 Å². The summed E-state index contributed by atoms with van der Waals surface area (Å²) in [6.45, 7) is 1.68. The van der Waals surface area contributed by atoms with Crippen molar-refractivity contribution in [2.75, 3.05) is 12.4 Å². The molecule has 8 nitrogen and oxygen atoms in total. The van der Waals surface area contributed by atoms with Gasteiger partial charge in [0.2, 0.25) is 5.82 Å². The molecule has 8 heteroatoms. The second-order valence-electron chi connectivity index (χ2n) is 4.63. The number of nitrogens with zero attached hydrogens (tertiary/aromatic N) is 3. The zero-order valence-corrected chi connectivity index (χ0v) is 11.3. The highest BCUT2D eigenvalue weighted by Crippen LogP contribution is 2.24. The van der Waals surface area contributed by atoms with Crippen molar-refractivity contribution in [2.24, 2.45) is 0 Å². The summed E-state index contributed by atoms with van der Waals surface area (Å²) >= 11 is 0. The Bertz CT molecular complexity index is 780. The van der Waals surface area contributed by atoms with E-state index in [1.807, 2.05) is 0 Å². The lowest BCUT2D eigenvalue weighted by atomic mass is 10.1. The van der Waals surface area contributed by atoms with Crippen LogP contribution in [0.3, 0.4) is 0 Å². The number of hydrogen-bond donors (Lipinski definition) is 2. The maximum Gasteiger partial charge on any atom is 0.295 e. The fourth-order valence-electron chi connectivity index (χ4n) is 2.07. The maximum atomic E-state index is 11.9. The smallest absolute Gasteiger partial charge is 0.295 e. The molecule has 1 aromatic carbocycles. The monoisotopic (exact) mass is 285 g/mol. The fraction of sp³-hybridized carbons (Fsp3) is 0.154. The van der Waals surface area contributed by atoms with Gasteiger partial charge in [-0.3, -0.25) is 24.4 Å². The number of imide groups is 1. The lowest BCUT2D eigenvalue weighted by Crippen LogP contribution is -2.24. The third-order valence-corrected chi connectivity index (χ3v) is 3.15. The number of carbonyl (C=O) groups excluding carboxylic acids is 3. The average molecular weight is 285 g/mol. The second kappa shape index (κ2) is 4.51. The van der Waals surface area contributed by atoms with Gasteiger partial charge >= 0.3 is 0 Å². The number of benzene rings is 1.